The number of hydrogen-bond donors (Lipinski definition) is 0. The van der Waals surface area contributed by atoms with Gasteiger partial charge in [0.25, 0.3) is 0 Å². The predicted molar refractivity (Wildman–Crippen MR) is 52.9 cm³/mol. The van der Waals surface area contributed by atoms with Crippen molar-refractivity contribution in [2.24, 2.45) is 0 Å². The minimum absolute atomic E-state index is 0.211. The van der Waals surface area contributed by atoms with E-state index in [0.29, 0.717) is 0 Å². The lowest BCUT2D eigenvalue weighted by atomic mass is 10.2. The van der Waals surface area contributed by atoms with E-state index in [1.165, 1.54) is 11.5 Å². The van der Waals surface area contributed by atoms with Crippen LogP contribution in [0.2, 0.25) is 0 Å². The molecule has 1 aromatic heterocycles. The van der Waals surface area contributed by atoms with Crippen LogP contribution in [0.5, 0.6) is 0 Å². The Labute approximate surface area is 82.1 Å². The molecule has 0 aliphatic heterocycles. The third kappa shape index (κ3) is 2.72. The van der Waals surface area contributed by atoms with Crippen LogP contribution in [0.4, 0.5) is 0 Å². The molecule has 2 nitrogen and oxygen atoms in total. The van der Waals surface area contributed by atoms with Gasteiger partial charge in [-0.3, -0.25) is 0 Å². The van der Waals surface area contributed by atoms with E-state index in [4.69, 9.17) is 11.6 Å². The number of hydrogen-bond acceptors (Lipinski definition) is 3. The molecule has 0 saturated heterocycles. The first kappa shape index (κ1) is 9.93. The van der Waals surface area contributed by atoms with E-state index in [0.717, 1.165) is 30.1 Å². The molecule has 0 saturated carbocycles. The number of aromatic nitrogens is 2. The number of rotatable bonds is 4. The van der Waals surface area contributed by atoms with Crippen molar-refractivity contribution in [3.8, 4) is 0 Å². The monoisotopic (exact) mass is 204 g/mol. The molecule has 0 fully saturated rings. The average molecular weight is 205 g/mol. The number of halogens is 1. The summed E-state index contributed by atoms with van der Waals surface area (Å²) in [4.78, 5) is 4.34. The first-order chi connectivity index (χ1) is 5.76. The zero-order chi connectivity index (χ0) is 8.97. The van der Waals surface area contributed by atoms with Gasteiger partial charge < -0.3 is 0 Å². The Bertz CT molecular complexity index is 237. The molecule has 0 bridgehead atoms. The average Bonchev–Trinajstić information content (AvgIpc) is 2.52. The summed E-state index contributed by atoms with van der Waals surface area (Å²) in [6, 6.07) is 0. The summed E-state index contributed by atoms with van der Waals surface area (Å²) >= 11 is 7.46. The molecule has 1 unspecified atom stereocenters. The third-order valence-corrected chi connectivity index (χ3v) is 2.90. The van der Waals surface area contributed by atoms with Crippen molar-refractivity contribution in [2.75, 3.05) is 0 Å². The molecule has 4 heteroatoms. The highest BCUT2D eigenvalue weighted by atomic mass is 35.5. The Kier molecular flexibility index (Phi) is 3.95. The molecule has 0 aliphatic rings. The van der Waals surface area contributed by atoms with E-state index < -0.39 is 0 Å². The van der Waals surface area contributed by atoms with Crippen molar-refractivity contribution in [3.63, 3.8) is 0 Å². The van der Waals surface area contributed by atoms with Crippen LogP contribution < -0.4 is 0 Å². The van der Waals surface area contributed by atoms with Gasteiger partial charge in [-0.05, 0) is 18.0 Å². The maximum Gasteiger partial charge on any atom is 0.142 e. The van der Waals surface area contributed by atoms with Gasteiger partial charge in [-0.2, -0.15) is 4.37 Å². The molecule has 0 radical (unpaired) electrons. The maximum atomic E-state index is 5.99. The van der Waals surface area contributed by atoms with Crippen LogP contribution in [0, 0.1) is 0 Å². The summed E-state index contributed by atoms with van der Waals surface area (Å²) < 4.78 is 4.19. The normalized spacial score (nSPS) is 13.2. The fourth-order valence-electron chi connectivity index (χ4n) is 0.850. The predicted octanol–water partition coefficient (Wildman–Crippen LogP) is 2.66. The molecule has 1 aromatic rings. The van der Waals surface area contributed by atoms with Gasteiger partial charge in [-0.1, -0.05) is 13.8 Å². The molecular formula is C8H13ClN2S. The minimum Gasteiger partial charge on any atom is -0.225 e. The van der Waals surface area contributed by atoms with Crippen LogP contribution >= 0.6 is 23.1 Å². The van der Waals surface area contributed by atoms with Crippen molar-refractivity contribution in [1.29, 1.82) is 0 Å². The molecule has 68 valence electrons. The van der Waals surface area contributed by atoms with E-state index in [-0.39, 0.29) is 5.38 Å². The van der Waals surface area contributed by atoms with Crippen molar-refractivity contribution in [3.05, 3.63) is 10.8 Å². The number of nitrogens with zero attached hydrogens (tertiary/aromatic N) is 2. The van der Waals surface area contributed by atoms with Gasteiger partial charge in [-0.25, -0.2) is 4.98 Å². The highest BCUT2D eigenvalue weighted by Crippen LogP contribution is 2.13. The van der Waals surface area contributed by atoms with Gasteiger partial charge in [-0.15, -0.1) is 11.6 Å². The van der Waals surface area contributed by atoms with Crippen molar-refractivity contribution >= 4 is 23.1 Å². The Morgan fingerprint density at radius 2 is 2.25 bits per heavy atom. The minimum atomic E-state index is 0.211. The van der Waals surface area contributed by atoms with Crippen molar-refractivity contribution in [1.82, 2.24) is 9.36 Å². The summed E-state index contributed by atoms with van der Waals surface area (Å²) in [5, 5.41) is 1.27. The molecule has 0 amide bonds. The van der Waals surface area contributed by atoms with Crippen LogP contribution in [-0.4, -0.2) is 14.7 Å². The van der Waals surface area contributed by atoms with E-state index in [2.05, 4.69) is 23.2 Å². The van der Waals surface area contributed by atoms with Crippen molar-refractivity contribution in [2.45, 2.75) is 38.5 Å². The number of aryl methyl sites for hydroxylation is 1. The third-order valence-electron chi connectivity index (χ3n) is 1.67. The molecule has 0 aliphatic carbocycles. The summed E-state index contributed by atoms with van der Waals surface area (Å²) in [6.45, 7) is 4.14. The molecule has 0 aromatic carbocycles. The van der Waals surface area contributed by atoms with Crippen LogP contribution in [0.1, 0.15) is 31.1 Å². The fraction of sp³-hybridized carbons (Fsp3) is 0.750. The smallest absolute Gasteiger partial charge is 0.142 e. The van der Waals surface area contributed by atoms with Gasteiger partial charge >= 0.3 is 0 Å². The summed E-state index contributed by atoms with van der Waals surface area (Å²) in [5.41, 5.74) is 0. The van der Waals surface area contributed by atoms with Gasteiger partial charge in [0, 0.05) is 18.2 Å². The summed E-state index contributed by atoms with van der Waals surface area (Å²) in [7, 11) is 0. The topological polar surface area (TPSA) is 25.8 Å². The zero-order valence-corrected chi connectivity index (χ0v) is 8.95. The van der Waals surface area contributed by atoms with Crippen LogP contribution in [0.3, 0.4) is 0 Å². The highest BCUT2D eigenvalue weighted by molar-refractivity contribution is 7.05. The molecule has 0 spiro atoms. The first-order valence-corrected chi connectivity index (χ1v) is 5.42. The van der Waals surface area contributed by atoms with E-state index in [1.807, 2.05) is 0 Å². The summed E-state index contributed by atoms with van der Waals surface area (Å²) in [6.07, 6.45) is 2.76. The lowest BCUT2D eigenvalue weighted by Crippen LogP contribution is -2.00. The van der Waals surface area contributed by atoms with Crippen LogP contribution in [0.25, 0.3) is 0 Å². The zero-order valence-electron chi connectivity index (χ0n) is 7.38. The second kappa shape index (κ2) is 4.77. The SMILES string of the molecule is CCc1nsc(CC(Cl)CC)n1. The lowest BCUT2D eigenvalue weighted by Gasteiger charge is -2.00. The van der Waals surface area contributed by atoms with Crippen LogP contribution in [0.15, 0.2) is 0 Å². The molecule has 1 atom stereocenters. The van der Waals surface area contributed by atoms with Crippen LogP contribution in [-0.2, 0) is 12.8 Å². The first-order valence-electron chi connectivity index (χ1n) is 4.21. The van der Waals surface area contributed by atoms with E-state index in [9.17, 15) is 0 Å². The van der Waals surface area contributed by atoms with E-state index in [1.54, 1.807) is 0 Å². The van der Waals surface area contributed by atoms with E-state index >= 15 is 0 Å². The Morgan fingerprint density at radius 3 is 2.75 bits per heavy atom. The van der Waals surface area contributed by atoms with Gasteiger partial charge in [0.15, 0.2) is 0 Å². The maximum absolute atomic E-state index is 5.99. The second-order valence-corrected chi connectivity index (χ2v) is 4.12. The van der Waals surface area contributed by atoms with Gasteiger partial charge in [0.1, 0.15) is 10.8 Å². The fourth-order valence-corrected chi connectivity index (χ4v) is 1.89. The largest absolute Gasteiger partial charge is 0.225 e. The summed E-state index contributed by atoms with van der Waals surface area (Å²) in [5.74, 6) is 0.940. The molecular weight excluding hydrogens is 192 g/mol. The number of alkyl halides is 1. The molecule has 1 heterocycles. The molecule has 0 N–H and O–H groups in total. The Hall–Kier alpha value is -0.150. The van der Waals surface area contributed by atoms with Gasteiger partial charge in [0.05, 0.1) is 0 Å². The molecule has 12 heavy (non-hydrogen) atoms. The highest BCUT2D eigenvalue weighted by Gasteiger charge is 2.07. The quantitative estimate of drug-likeness (QED) is 0.705. The van der Waals surface area contributed by atoms with Gasteiger partial charge in [0.2, 0.25) is 0 Å². The second-order valence-electron chi connectivity index (χ2n) is 2.67. The standard InChI is InChI=1S/C8H13ClN2S/c1-3-6(9)5-8-10-7(4-2)11-12-8/h6H,3-5H2,1-2H3. The Balaban J connectivity index is 2.52. The lowest BCUT2D eigenvalue weighted by molar-refractivity contribution is 0.794. The molecule has 1 rings (SSSR count). The van der Waals surface area contributed by atoms with Crippen molar-refractivity contribution < 1.29 is 0 Å². The Morgan fingerprint density at radius 1 is 1.50 bits per heavy atom.